The van der Waals surface area contributed by atoms with Crippen molar-refractivity contribution in [1.82, 2.24) is 4.98 Å². The number of fused-ring (bicyclic) bond motifs is 2. The Kier molecular flexibility index (Phi) is 4.32. The predicted octanol–water partition coefficient (Wildman–Crippen LogP) is 6.90. The number of aromatic amines is 1. The van der Waals surface area contributed by atoms with Crippen molar-refractivity contribution in [1.29, 1.82) is 0 Å². The molecule has 0 amide bonds. The largest absolute Gasteiger partial charge is 0.361 e. The fourth-order valence-electron chi connectivity index (χ4n) is 4.37. The molecule has 0 radical (unpaired) electrons. The highest BCUT2D eigenvalue weighted by atomic mass is 14.7. The van der Waals surface area contributed by atoms with Crippen molar-refractivity contribution in [3.8, 4) is 11.3 Å². The summed E-state index contributed by atoms with van der Waals surface area (Å²) in [6, 6.07) is 18.1. The van der Waals surface area contributed by atoms with Crippen LogP contribution in [-0.4, -0.2) is 4.98 Å². The molecule has 0 bridgehead atoms. The second kappa shape index (κ2) is 6.64. The van der Waals surface area contributed by atoms with E-state index in [1.807, 2.05) is 33.9 Å². The van der Waals surface area contributed by atoms with E-state index in [4.69, 9.17) is 0 Å². The third kappa shape index (κ3) is 2.38. The highest BCUT2D eigenvalue weighted by Gasteiger charge is 2.39. The maximum atomic E-state index is 3.36. The third-order valence-corrected chi connectivity index (χ3v) is 5.50. The van der Waals surface area contributed by atoms with Gasteiger partial charge < -0.3 is 4.98 Å². The van der Waals surface area contributed by atoms with E-state index in [1.165, 1.54) is 44.4 Å². The Morgan fingerprint density at radius 2 is 1.69 bits per heavy atom. The van der Waals surface area contributed by atoms with Crippen LogP contribution in [0.1, 0.15) is 47.0 Å². The van der Waals surface area contributed by atoms with Gasteiger partial charge in [-0.2, -0.15) is 0 Å². The van der Waals surface area contributed by atoms with E-state index < -0.39 is 0 Å². The number of nitrogens with one attached hydrogen (secondary N) is 1. The minimum absolute atomic E-state index is 0. The van der Waals surface area contributed by atoms with Crippen LogP contribution in [0, 0.1) is 5.92 Å². The van der Waals surface area contributed by atoms with Crippen LogP contribution >= 0.6 is 0 Å². The van der Waals surface area contributed by atoms with Crippen LogP contribution in [0.3, 0.4) is 0 Å². The number of hydrogen-bond acceptors (Lipinski definition) is 0. The van der Waals surface area contributed by atoms with Gasteiger partial charge in [-0.25, -0.2) is 0 Å². The van der Waals surface area contributed by atoms with Crippen LogP contribution in [0.25, 0.3) is 38.9 Å². The van der Waals surface area contributed by atoms with Gasteiger partial charge in [-0.3, -0.25) is 0 Å². The van der Waals surface area contributed by atoms with Gasteiger partial charge in [0.05, 0.1) is 0 Å². The molecule has 134 valence electrons. The van der Waals surface area contributed by atoms with Crippen LogP contribution in [0.2, 0.25) is 0 Å². The molecular formula is C25H29N. The molecule has 2 atom stereocenters. The predicted molar refractivity (Wildman–Crippen MR) is 117 cm³/mol. The molecular weight excluding hydrogens is 314 g/mol. The van der Waals surface area contributed by atoms with Gasteiger partial charge in [0.1, 0.15) is 0 Å². The van der Waals surface area contributed by atoms with Crippen molar-refractivity contribution in [3.63, 3.8) is 0 Å². The number of hydrogen-bond donors (Lipinski definition) is 1. The maximum absolute atomic E-state index is 3.36. The van der Waals surface area contributed by atoms with Crippen molar-refractivity contribution in [2.75, 3.05) is 0 Å². The van der Waals surface area contributed by atoms with E-state index in [-0.39, 0.29) is 1.43 Å². The zero-order chi connectivity index (χ0) is 18.3. The molecule has 2 aliphatic carbocycles. The van der Waals surface area contributed by atoms with E-state index in [2.05, 4.69) is 59.6 Å². The summed E-state index contributed by atoms with van der Waals surface area (Å²) in [5.74, 6) is 1.56. The van der Waals surface area contributed by atoms with Gasteiger partial charge in [-0.1, -0.05) is 70.2 Å². The SMILES string of the molecule is C1=c2ccc3c(-c4ccc[nH]4)ccc4ccc(c2c43)C2CC12.CC.CC.[HH]. The van der Waals surface area contributed by atoms with Gasteiger partial charge in [0.25, 0.3) is 0 Å². The van der Waals surface area contributed by atoms with Crippen molar-refractivity contribution in [2.24, 2.45) is 5.92 Å². The average molecular weight is 344 g/mol. The Labute approximate surface area is 157 Å². The summed E-state index contributed by atoms with van der Waals surface area (Å²) < 4.78 is 0. The second-order valence-corrected chi connectivity index (χ2v) is 6.70. The van der Waals surface area contributed by atoms with Crippen molar-refractivity contribution >= 4 is 27.6 Å². The molecule has 0 spiro atoms. The fraction of sp³-hybridized carbons (Fsp3) is 0.280. The molecule has 1 heteroatoms. The molecule has 1 fully saturated rings. The summed E-state index contributed by atoms with van der Waals surface area (Å²) in [5.41, 5.74) is 4.08. The van der Waals surface area contributed by atoms with Crippen LogP contribution in [-0.2, 0) is 0 Å². The molecule has 0 aliphatic heterocycles. The molecule has 1 heterocycles. The summed E-state index contributed by atoms with van der Waals surface area (Å²) in [4.78, 5) is 3.36. The van der Waals surface area contributed by atoms with Crippen LogP contribution < -0.4 is 5.22 Å². The molecule has 1 N–H and O–H groups in total. The minimum Gasteiger partial charge on any atom is -0.361 e. The van der Waals surface area contributed by atoms with Crippen LogP contribution in [0.4, 0.5) is 0 Å². The first-order chi connectivity index (χ1) is 12.9. The van der Waals surface area contributed by atoms with Gasteiger partial charge in [0, 0.05) is 18.9 Å². The van der Waals surface area contributed by atoms with Gasteiger partial charge in [-0.15, -0.1) is 0 Å². The van der Waals surface area contributed by atoms with Gasteiger partial charge in [0.2, 0.25) is 0 Å². The molecule has 3 aromatic carbocycles. The third-order valence-electron chi connectivity index (χ3n) is 5.50. The molecule has 2 aliphatic rings. The van der Waals surface area contributed by atoms with Gasteiger partial charge in [0.15, 0.2) is 0 Å². The van der Waals surface area contributed by atoms with E-state index in [0.29, 0.717) is 0 Å². The maximum Gasteiger partial charge on any atom is 0.0460 e. The smallest absolute Gasteiger partial charge is 0.0460 e. The number of aromatic nitrogens is 1. The van der Waals surface area contributed by atoms with E-state index in [0.717, 1.165) is 11.8 Å². The van der Waals surface area contributed by atoms with E-state index >= 15 is 0 Å². The first kappa shape index (κ1) is 16.9. The summed E-state index contributed by atoms with van der Waals surface area (Å²) >= 11 is 0. The monoisotopic (exact) mass is 343 g/mol. The lowest BCUT2D eigenvalue weighted by Crippen LogP contribution is -2.09. The van der Waals surface area contributed by atoms with Crippen LogP contribution in [0.5, 0.6) is 0 Å². The fourth-order valence-corrected chi connectivity index (χ4v) is 4.37. The molecule has 6 rings (SSSR count). The number of H-pyrrole nitrogens is 1. The summed E-state index contributed by atoms with van der Waals surface area (Å²) in [6.45, 7) is 8.00. The highest BCUT2D eigenvalue weighted by Crippen LogP contribution is 2.53. The average Bonchev–Trinajstić information content (AvgIpc) is 3.30. The quantitative estimate of drug-likeness (QED) is 0.387. The Morgan fingerprint density at radius 3 is 2.46 bits per heavy atom. The van der Waals surface area contributed by atoms with Gasteiger partial charge in [-0.05, 0) is 62.7 Å². The van der Waals surface area contributed by atoms with Crippen molar-refractivity contribution in [3.05, 3.63) is 65.5 Å². The molecule has 26 heavy (non-hydrogen) atoms. The number of benzene rings is 3. The molecule has 1 nitrogen and oxygen atoms in total. The lowest BCUT2D eigenvalue weighted by molar-refractivity contribution is 1.05. The molecule has 1 saturated carbocycles. The number of rotatable bonds is 1. The van der Waals surface area contributed by atoms with Crippen molar-refractivity contribution in [2.45, 2.75) is 40.0 Å². The zero-order valence-electron chi connectivity index (χ0n) is 16.1. The Hall–Kier alpha value is -2.54. The molecule has 4 aromatic rings. The lowest BCUT2D eigenvalue weighted by atomic mass is 9.88. The van der Waals surface area contributed by atoms with Crippen LogP contribution in [0.15, 0.2) is 54.7 Å². The van der Waals surface area contributed by atoms with Gasteiger partial charge >= 0.3 is 0 Å². The normalized spacial score (nSPS) is 18.9. The Bertz CT molecular complexity index is 1110. The van der Waals surface area contributed by atoms with E-state index in [1.54, 1.807) is 5.56 Å². The summed E-state index contributed by atoms with van der Waals surface area (Å²) in [6.07, 6.45) is 5.83. The van der Waals surface area contributed by atoms with Crippen molar-refractivity contribution < 1.29 is 1.43 Å². The first-order valence-electron chi connectivity index (χ1n) is 10.0. The Balaban J connectivity index is 0.000000397. The molecule has 1 aromatic heterocycles. The lowest BCUT2D eigenvalue weighted by Gasteiger charge is -2.16. The summed E-state index contributed by atoms with van der Waals surface area (Å²) in [7, 11) is 0. The van der Waals surface area contributed by atoms with E-state index in [9.17, 15) is 0 Å². The second-order valence-electron chi connectivity index (χ2n) is 6.70. The molecule has 0 saturated heterocycles. The standard InChI is InChI=1S/C21H15N.2C2H6.H2/c1-2-19(22-9-1)15-6-3-12-4-7-17-18-11-14(18)10-13-5-8-16(15)20(12)21(13)17;2*1-2;/h1-10,14,18,22H,11H2;2*1-2H3;1H. The summed E-state index contributed by atoms with van der Waals surface area (Å²) in [5, 5.41) is 7.12. The zero-order valence-corrected chi connectivity index (χ0v) is 16.1. The first-order valence-corrected chi connectivity index (χ1v) is 10.0. The minimum atomic E-state index is 0. The topological polar surface area (TPSA) is 15.8 Å². The molecule has 2 unspecified atom stereocenters. The Morgan fingerprint density at radius 1 is 0.885 bits per heavy atom. The highest BCUT2D eigenvalue weighted by molar-refractivity contribution is 6.16.